The molecule has 1 aliphatic rings. The van der Waals surface area contributed by atoms with E-state index in [1.165, 1.54) is 43.1 Å². The van der Waals surface area contributed by atoms with Crippen molar-refractivity contribution in [3.05, 3.63) is 36.2 Å². The van der Waals surface area contributed by atoms with Crippen molar-refractivity contribution in [2.75, 3.05) is 26.2 Å². The van der Waals surface area contributed by atoms with E-state index in [2.05, 4.69) is 31.5 Å². The topological polar surface area (TPSA) is 96.8 Å². The molecule has 0 atom stereocenters. The molecule has 1 heterocycles. The van der Waals surface area contributed by atoms with Gasteiger partial charge in [0.2, 0.25) is 0 Å². The van der Waals surface area contributed by atoms with Crippen LogP contribution < -0.4 is 16.0 Å². The normalized spacial score (nSPS) is 13.9. The SMILES string of the molecule is Cl.Cl.O=C(NCCCCNCCNC1CCCCC1)c1cccc(-n2cnnn2)c1. The van der Waals surface area contributed by atoms with Crippen molar-refractivity contribution < 1.29 is 4.79 Å². The lowest BCUT2D eigenvalue weighted by Crippen LogP contribution is -2.36. The number of halogens is 2. The zero-order valence-electron chi connectivity index (χ0n) is 17.3. The smallest absolute Gasteiger partial charge is 0.251 e. The van der Waals surface area contributed by atoms with Crippen molar-refractivity contribution in [1.82, 2.24) is 36.2 Å². The minimum absolute atomic E-state index is 0. The van der Waals surface area contributed by atoms with Gasteiger partial charge in [0.1, 0.15) is 6.33 Å². The molecule has 1 saturated carbocycles. The maximum Gasteiger partial charge on any atom is 0.251 e. The fraction of sp³-hybridized carbons (Fsp3) is 0.600. The lowest BCUT2D eigenvalue weighted by atomic mass is 9.95. The number of aromatic nitrogens is 4. The van der Waals surface area contributed by atoms with Crippen molar-refractivity contribution in [1.29, 1.82) is 0 Å². The van der Waals surface area contributed by atoms with Crippen molar-refractivity contribution in [3.8, 4) is 5.69 Å². The second-order valence-electron chi connectivity index (χ2n) is 7.31. The Bertz CT molecular complexity index is 709. The average Bonchev–Trinajstić information content (AvgIpc) is 3.28. The Morgan fingerprint density at radius 1 is 1.03 bits per heavy atom. The number of tetrazole rings is 1. The van der Waals surface area contributed by atoms with E-state index in [0.717, 1.165) is 44.2 Å². The van der Waals surface area contributed by atoms with Crippen molar-refractivity contribution in [2.45, 2.75) is 51.0 Å². The largest absolute Gasteiger partial charge is 0.352 e. The molecule has 168 valence electrons. The highest BCUT2D eigenvalue weighted by Crippen LogP contribution is 2.16. The summed E-state index contributed by atoms with van der Waals surface area (Å²) in [6.45, 7) is 3.71. The van der Waals surface area contributed by atoms with E-state index in [-0.39, 0.29) is 30.7 Å². The van der Waals surface area contributed by atoms with Crippen LogP contribution in [0.2, 0.25) is 0 Å². The highest BCUT2D eigenvalue weighted by atomic mass is 35.5. The minimum atomic E-state index is -0.0698. The molecule has 1 aromatic carbocycles. The Labute approximate surface area is 190 Å². The van der Waals surface area contributed by atoms with Gasteiger partial charge in [-0.15, -0.1) is 29.9 Å². The molecule has 1 amide bonds. The summed E-state index contributed by atoms with van der Waals surface area (Å²) in [7, 11) is 0. The van der Waals surface area contributed by atoms with Gasteiger partial charge in [-0.3, -0.25) is 4.79 Å². The molecule has 0 radical (unpaired) electrons. The predicted octanol–water partition coefficient (Wildman–Crippen LogP) is 2.53. The zero-order valence-corrected chi connectivity index (χ0v) is 18.9. The first-order chi connectivity index (χ1) is 13.8. The van der Waals surface area contributed by atoms with Gasteiger partial charge in [-0.2, -0.15) is 0 Å². The quantitative estimate of drug-likeness (QED) is 0.448. The molecule has 3 N–H and O–H groups in total. The van der Waals surface area contributed by atoms with Crippen LogP contribution in [-0.2, 0) is 0 Å². The highest BCUT2D eigenvalue weighted by molar-refractivity contribution is 5.94. The summed E-state index contributed by atoms with van der Waals surface area (Å²) >= 11 is 0. The highest BCUT2D eigenvalue weighted by Gasteiger charge is 2.11. The van der Waals surface area contributed by atoms with Gasteiger partial charge in [-0.1, -0.05) is 25.3 Å². The molecule has 0 bridgehead atoms. The number of nitrogens with one attached hydrogen (secondary N) is 3. The van der Waals surface area contributed by atoms with E-state index >= 15 is 0 Å². The number of rotatable bonds is 11. The standard InChI is InChI=1S/C20H31N7O.2ClH/c28-20(17-7-6-10-19(15-17)27-16-24-25-26-27)23-12-5-4-11-21-13-14-22-18-8-2-1-3-9-18;;/h6-7,10,15-16,18,21-22H,1-5,8-9,11-14H2,(H,23,28);2*1H. The molecule has 0 aliphatic heterocycles. The molecule has 30 heavy (non-hydrogen) atoms. The molecule has 0 unspecified atom stereocenters. The van der Waals surface area contributed by atoms with Crippen LogP contribution in [0.1, 0.15) is 55.3 Å². The summed E-state index contributed by atoms with van der Waals surface area (Å²) in [4.78, 5) is 12.3. The third-order valence-corrected chi connectivity index (χ3v) is 5.13. The van der Waals surface area contributed by atoms with Gasteiger partial charge in [-0.05, 0) is 60.9 Å². The Morgan fingerprint density at radius 2 is 1.83 bits per heavy atom. The third-order valence-electron chi connectivity index (χ3n) is 5.13. The maximum absolute atomic E-state index is 12.3. The van der Waals surface area contributed by atoms with Crippen LogP contribution in [0, 0.1) is 0 Å². The molecule has 8 nitrogen and oxygen atoms in total. The first-order valence-electron chi connectivity index (χ1n) is 10.4. The molecule has 0 spiro atoms. The van der Waals surface area contributed by atoms with Gasteiger partial charge in [0, 0.05) is 31.2 Å². The van der Waals surface area contributed by atoms with E-state index in [1.807, 2.05) is 12.1 Å². The van der Waals surface area contributed by atoms with Crippen LogP contribution >= 0.6 is 24.8 Å². The molecule has 0 saturated heterocycles. The van der Waals surface area contributed by atoms with E-state index in [9.17, 15) is 4.79 Å². The van der Waals surface area contributed by atoms with Crippen LogP contribution in [-0.4, -0.2) is 58.3 Å². The number of hydrogen-bond donors (Lipinski definition) is 3. The van der Waals surface area contributed by atoms with Gasteiger partial charge in [-0.25, -0.2) is 4.68 Å². The van der Waals surface area contributed by atoms with Crippen LogP contribution in [0.3, 0.4) is 0 Å². The average molecular weight is 458 g/mol. The molecule has 1 aromatic heterocycles. The number of hydrogen-bond acceptors (Lipinski definition) is 6. The first kappa shape index (κ1) is 26.3. The number of amides is 1. The van der Waals surface area contributed by atoms with Gasteiger partial charge in [0.25, 0.3) is 5.91 Å². The fourth-order valence-corrected chi connectivity index (χ4v) is 3.54. The van der Waals surface area contributed by atoms with Crippen molar-refractivity contribution >= 4 is 30.7 Å². The second kappa shape index (κ2) is 15.1. The predicted molar refractivity (Wildman–Crippen MR) is 123 cm³/mol. The molecule has 2 aromatic rings. The van der Waals surface area contributed by atoms with E-state index in [1.54, 1.807) is 12.1 Å². The third kappa shape index (κ3) is 8.95. The lowest BCUT2D eigenvalue weighted by Gasteiger charge is -2.22. The molecular formula is C20H33Cl2N7O. The fourth-order valence-electron chi connectivity index (χ4n) is 3.54. The minimum Gasteiger partial charge on any atom is -0.352 e. The van der Waals surface area contributed by atoms with Crippen LogP contribution in [0.5, 0.6) is 0 Å². The summed E-state index contributed by atoms with van der Waals surface area (Å²) in [6.07, 6.45) is 10.3. The van der Waals surface area contributed by atoms with E-state index in [4.69, 9.17) is 0 Å². The number of carbonyl (C=O) groups is 1. The van der Waals surface area contributed by atoms with E-state index < -0.39 is 0 Å². The van der Waals surface area contributed by atoms with E-state index in [0.29, 0.717) is 12.1 Å². The number of nitrogens with zero attached hydrogens (tertiary/aromatic N) is 4. The molecular weight excluding hydrogens is 425 g/mol. The summed E-state index contributed by atoms with van der Waals surface area (Å²) in [5.74, 6) is -0.0698. The lowest BCUT2D eigenvalue weighted by molar-refractivity contribution is 0.0953. The summed E-state index contributed by atoms with van der Waals surface area (Å²) in [5, 5.41) is 21.2. The Balaban J connectivity index is 0.00000225. The van der Waals surface area contributed by atoms with Gasteiger partial charge in [0.15, 0.2) is 0 Å². The Morgan fingerprint density at radius 3 is 2.60 bits per heavy atom. The molecule has 1 fully saturated rings. The van der Waals surface area contributed by atoms with Crippen molar-refractivity contribution in [2.24, 2.45) is 0 Å². The number of carbonyl (C=O) groups excluding carboxylic acids is 1. The Hall–Kier alpha value is -1.74. The summed E-state index contributed by atoms with van der Waals surface area (Å²) in [5.41, 5.74) is 1.38. The first-order valence-corrected chi connectivity index (χ1v) is 10.4. The van der Waals surface area contributed by atoms with Crippen molar-refractivity contribution in [3.63, 3.8) is 0 Å². The van der Waals surface area contributed by atoms with Crippen LogP contribution in [0.4, 0.5) is 0 Å². The zero-order chi connectivity index (χ0) is 19.4. The summed E-state index contributed by atoms with van der Waals surface area (Å²) < 4.78 is 1.53. The van der Waals surface area contributed by atoms with Crippen LogP contribution in [0.15, 0.2) is 30.6 Å². The molecule has 10 heteroatoms. The second-order valence-corrected chi connectivity index (χ2v) is 7.31. The van der Waals surface area contributed by atoms with Gasteiger partial charge in [0.05, 0.1) is 5.69 Å². The monoisotopic (exact) mass is 457 g/mol. The Kier molecular flexibility index (Phi) is 13.3. The molecule has 1 aliphatic carbocycles. The maximum atomic E-state index is 12.3. The van der Waals surface area contributed by atoms with Crippen LogP contribution in [0.25, 0.3) is 5.69 Å². The number of benzene rings is 1. The molecule has 3 rings (SSSR count). The van der Waals surface area contributed by atoms with Gasteiger partial charge < -0.3 is 16.0 Å². The van der Waals surface area contributed by atoms with Gasteiger partial charge >= 0.3 is 0 Å². The summed E-state index contributed by atoms with van der Waals surface area (Å²) in [6, 6.07) is 8.00. The number of unbranched alkanes of at least 4 members (excludes halogenated alkanes) is 1.